The van der Waals surface area contributed by atoms with Crippen molar-refractivity contribution in [3.05, 3.63) is 0 Å². The molecule has 0 amide bonds. The van der Waals surface area contributed by atoms with Gasteiger partial charge < -0.3 is 10.6 Å². The summed E-state index contributed by atoms with van der Waals surface area (Å²) in [5.74, 6) is 0.848. The Morgan fingerprint density at radius 2 is 1.89 bits per heavy atom. The minimum Gasteiger partial charge on any atom is -0.393 e. The van der Waals surface area contributed by atoms with E-state index >= 15 is 0 Å². The number of nitrogens with two attached hydrogens (primary N) is 1. The number of thiocarbonyl (C=S) groups is 1. The number of nitrogens with zero attached hydrogens (tertiary/aromatic N) is 1. The molecule has 3 heteroatoms. The van der Waals surface area contributed by atoms with Crippen molar-refractivity contribution < 1.29 is 0 Å². The third-order valence-electron chi connectivity index (χ3n) is 4.44. The molecule has 2 N–H and O–H groups in total. The van der Waals surface area contributed by atoms with Crippen LogP contribution in [-0.2, 0) is 0 Å². The number of hydrogen-bond donors (Lipinski definition) is 1. The topological polar surface area (TPSA) is 29.3 Å². The van der Waals surface area contributed by atoms with Gasteiger partial charge in [-0.25, -0.2) is 0 Å². The fourth-order valence-corrected chi connectivity index (χ4v) is 2.71. The summed E-state index contributed by atoms with van der Waals surface area (Å²) < 4.78 is 0. The Hall–Kier alpha value is -0.150. The van der Waals surface area contributed by atoms with Gasteiger partial charge in [-0.15, -0.1) is 0 Å². The first-order valence-electron chi connectivity index (χ1n) is 7.15. The van der Waals surface area contributed by atoms with E-state index in [0.717, 1.165) is 12.3 Å². The highest BCUT2D eigenvalue weighted by molar-refractivity contribution is 7.80. The summed E-state index contributed by atoms with van der Waals surface area (Å²) in [6.45, 7) is 15.1. The second-order valence-corrected chi connectivity index (χ2v) is 7.94. The van der Waals surface area contributed by atoms with Crippen LogP contribution in [0.15, 0.2) is 0 Å². The fourth-order valence-electron chi connectivity index (χ4n) is 2.61. The van der Waals surface area contributed by atoms with Crippen LogP contribution in [0, 0.1) is 16.7 Å². The van der Waals surface area contributed by atoms with Gasteiger partial charge in [0.05, 0.1) is 4.99 Å². The molecule has 1 heterocycles. The molecule has 18 heavy (non-hydrogen) atoms. The van der Waals surface area contributed by atoms with Crippen LogP contribution < -0.4 is 5.73 Å². The Kier molecular flexibility index (Phi) is 5.19. The molecule has 1 aliphatic rings. The molecule has 0 aliphatic carbocycles. The standard InChI is InChI=1S/C15H30N2S/c1-14(2,3)12-7-10-17(11-12)9-6-8-15(4,5)13(16)18/h12H,6-11H2,1-5H3,(H2,16,18). The molecule has 0 aromatic heterocycles. The summed E-state index contributed by atoms with van der Waals surface area (Å²) in [6.07, 6.45) is 3.64. The van der Waals surface area contributed by atoms with Crippen LogP contribution in [0.25, 0.3) is 0 Å². The number of likely N-dealkylation sites (tertiary alicyclic amines) is 1. The summed E-state index contributed by atoms with van der Waals surface area (Å²) >= 11 is 5.11. The van der Waals surface area contributed by atoms with Gasteiger partial charge in [-0.3, -0.25) is 0 Å². The van der Waals surface area contributed by atoms with Gasteiger partial charge in [0, 0.05) is 12.0 Å². The van der Waals surface area contributed by atoms with Gasteiger partial charge in [0.15, 0.2) is 0 Å². The zero-order chi connectivity index (χ0) is 14.0. The maximum atomic E-state index is 5.76. The van der Waals surface area contributed by atoms with Crippen LogP contribution in [0.4, 0.5) is 0 Å². The average Bonchev–Trinajstić information content (AvgIpc) is 2.65. The maximum absolute atomic E-state index is 5.76. The lowest BCUT2D eigenvalue weighted by molar-refractivity contribution is 0.225. The van der Waals surface area contributed by atoms with Crippen LogP contribution >= 0.6 is 12.2 Å². The Morgan fingerprint density at radius 3 is 2.33 bits per heavy atom. The van der Waals surface area contributed by atoms with E-state index in [1.807, 2.05) is 0 Å². The smallest absolute Gasteiger partial charge is 0.0784 e. The lowest BCUT2D eigenvalue weighted by atomic mass is 9.80. The summed E-state index contributed by atoms with van der Waals surface area (Å²) in [5, 5.41) is 0. The zero-order valence-electron chi connectivity index (χ0n) is 12.8. The van der Waals surface area contributed by atoms with E-state index < -0.39 is 0 Å². The lowest BCUT2D eigenvalue weighted by Crippen LogP contribution is -2.31. The molecule has 0 aromatic carbocycles. The van der Waals surface area contributed by atoms with Crippen molar-refractivity contribution in [2.24, 2.45) is 22.5 Å². The summed E-state index contributed by atoms with van der Waals surface area (Å²) in [4.78, 5) is 3.25. The Labute approximate surface area is 118 Å². The molecule has 1 rings (SSSR count). The molecule has 1 unspecified atom stereocenters. The van der Waals surface area contributed by atoms with E-state index in [1.165, 1.54) is 32.5 Å². The second-order valence-electron chi connectivity index (χ2n) is 7.50. The third kappa shape index (κ3) is 4.51. The summed E-state index contributed by atoms with van der Waals surface area (Å²) in [6, 6.07) is 0. The van der Waals surface area contributed by atoms with E-state index in [-0.39, 0.29) is 5.41 Å². The number of hydrogen-bond acceptors (Lipinski definition) is 2. The molecule has 0 radical (unpaired) electrons. The largest absolute Gasteiger partial charge is 0.393 e. The minimum atomic E-state index is 0.0124. The first-order valence-corrected chi connectivity index (χ1v) is 7.56. The van der Waals surface area contributed by atoms with Crippen LogP contribution in [0.1, 0.15) is 53.9 Å². The van der Waals surface area contributed by atoms with Crippen LogP contribution in [0.5, 0.6) is 0 Å². The monoisotopic (exact) mass is 270 g/mol. The van der Waals surface area contributed by atoms with Gasteiger partial charge >= 0.3 is 0 Å². The highest BCUT2D eigenvalue weighted by Gasteiger charge is 2.31. The molecule has 1 saturated heterocycles. The van der Waals surface area contributed by atoms with E-state index in [0.29, 0.717) is 10.4 Å². The summed E-state index contributed by atoms with van der Waals surface area (Å²) in [5.41, 5.74) is 6.23. The van der Waals surface area contributed by atoms with Crippen LogP contribution in [0.2, 0.25) is 0 Å². The highest BCUT2D eigenvalue weighted by atomic mass is 32.1. The molecule has 1 aliphatic heterocycles. The molecule has 106 valence electrons. The number of rotatable bonds is 5. The molecule has 0 saturated carbocycles. The SMILES string of the molecule is CC(C)(CCCN1CCC(C(C)(C)C)C1)C(N)=S. The van der Waals surface area contributed by atoms with Gasteiger partial charge in [0.2, 0.25) is 0 Å². The van der Waals surface area contributed by atoms with Gasteiger partial charge in [-0.05, 0) is 43.7 Å². The molecule has 0 bridgehead atoms. The molecular weight excluding hydrogens is 240 g/mol. The van der Waals surface area contributed by atoms with Crippen molar-refractivity contribution in [2.45, 2.75) is 53.9 Å². The van der Waals surface area contributed by atoms with Gasteiger partial charge in [0.1, 0.15) is 0 Å². The van der Waals surface area contributed by atoms with Crippen molar-refractivity contribution in [3.8, 4) is 0 Å². The van der Waals surface area contributed by atoms with E-state index in [4.69, 9.17) is 18.0 Å². The van der Waals surface area contributed by atoms with Crippen LogP contribution in [-0.4, -0.2) is 29.5 Å². The molecular formula is C15H30N2S. The molecule has 1 atom stereocenters. The van der Waals surface area contributed by atoms with Gasteiger partial charge in [-0.2, -0.15) is 0 Å². The Bertz CT molecular complexity index is 291. The van der Waals surface area contributed by atoms with Gasteiger partial charge in [-0.1, -0.05) is 46.8 Å². The maximum Gasteiger partial charge on any atom is 0.0784 e. The zero-order valence-corrected chi connectivity index (χ0v) is 13.6. The van der Waals surface area contributed by atoms with Gasteiger partial charge in [0.25, 0.3) is 0 Å². The Morgan fingerprint density at radius 1 is 1.28 bits per heavy atom. The predicted octanol–water partition coefficient (Wildman–Crippen LogP) is 3.45. The van der Waals surface area contributed by atoms with Crippen molar-refractivity contribution in [2.75, 3.05) is 19.6 Å². The Balaban J connectivity index is 2.29. The first-order chi connectivity index (χ1) is 8.13. The highest BCUT2D eigenvalue weighted by Crippen LogP contribution is 2.33. The van der Waals surface area contributed by atoms with Crippen molar-refractivity contribution >= 4 is 17.2 Å². The molecule has 2 nitrogen and oxygen atoms in total. The predicted molar refractivity (Wildman–Crippen MR) is 83.8 cm³/mol. The molecule has 0 spiro atoms. The quantitative estimate of drug-likeness (QED) is 0.776. The second kappa shape index (κ2) is 5.87. The van der Waals surface area contributed by atoms with Crippen molar-refractivity contribution in [3.63, 3.8) is 0 Å². The van der Waals surface area contributed by atoms with E-state index in [1.54, 1.807) is 0 Å². The minimum absolute atomic E-state index is 0.0124. The summed E-state index contributed by atoms with van der Waals surface area (Å²) in [7, 11) is 0. The molecule has 0 aromatic rings. The van der Waals surface area contributed by atoms with E-state index in [9.17, 15) is 0 Å². The normalized spacial score (nSPS) is 22.4. The molecule has 1 fully saturated rings. The van der Waals surface area contributed by atoms with Crippen molar-refractivity contribution in [1.82, 2.24) is 4.90 Å². The van der Waals surface area contributed by atoms with E-state index in [2.05, 4.69) is 39.5 Å². The fraction of sp³-hybridized carbons (Fsp3) is 0.933. The third-order valence-corrected chi connectivity index (χ3v) is 4.99. The first kappa shape index (κ1) is 15.9. The lowest BCUT2D eigenvalue weighted by Gasteiger charge is -2.28. The average molecular weight is 270 g/mol. The van der Waals surface area contributed by atoms with Crippen LogP contribution in [0.3, 0.4) is 0 Å². The van der Waals surface area contributed by atoms with Crippen molar-refractivity contribution in [1.29, 1.82) is 0 Å².